The lowest BCUT2D eigenvalue weighted by atomic mass is 10.0. The highest BCUT2D eigenvalue weighted by Gasteiger charge is 2.32. The zero-order chi connectivity index (χ0) is 13.3. The Kier molecular flexibility index (Phi) is 3.30. The third kappa shape index (κ3) is 2.64. The number of carbonyl (C=O) groups excluding carboxylic acids is 1. The molecule has 1 atom stereocenters. The van der Waals surface area contributed by atoms with Crippen LogP contribution in [0.3, 0.4) is 0 Å². The standard InChI is InChI=1S/C14H19NO3/c1-14(2,3)18-13(17)15-11-7-5-4-6-10(11)8-9-12(15)16/h4-7,12,16H,8-9H2,1-3H3. The van der Waals surface area contributed by atoms with E-state index in [2.05, 4.69) is 0 Å². The lowest BCUT2D eigenvalue weighted by Crippen LogP contribution is -2.46. The second kappa shape index (κ2) is 4.61. The van der Waals surface area contributed by atoms with E-state index in [0.717, 1.165) is 17.7 Å². The Balaban J connectivity index is 2.29. The summed E-state index contributed by atoms with van der Waals surface area (Å²) in [5.41, 5.74) is 1.24. The minimum absolute atomic E-state index is 0.498. The van der Waals surface area contributed by atoms with Gasteiger partial charge in [-0.3, -0.25) is 4.90 Å². The number of benzene rings is 1. The van der Waals surface area contributed by atoms with Gasteiger partial charge in [-0.1, -0.05) is 18.2 Å². The quantitative estimate of drug-likeness (QED) is 0.769. The number of hydrogen-bond donors (Lipinski definition) is 1. The fraction of sp³-hybridized carbons (Fsp3) is 0.500. The second-order valence-corrected chi connectivity index (χ2v) is 5.50. The molecule has 1 N–H and O–H groups in total. The first-order valence-electron chi connectivity index (χ1n) is 6.17. The van der Waals surface area contributed by atoms with Crippen molar-refractivity contribution in [1.29, 1.82) is 0 Å². The molecule has 1 amide bonds. The van der Waals surface area contributed by atoms with E-state index in [1.54, 1.807) is 0 Å². The molecule has 4 nitrogen and oxygen atoms in total. The minimum atomic E-state index is -0.810. The average Bonchev–Trinajstić information content (AvgIpc) is 2.26. The molecule has 0 aromatic heterocycles. The molecule has 0 bridgehead atoms. The number of amides is 1. The predicted molar refractivity (Wildman–Crippen MR) is 69.5 cm³/mol. The van der Waals surface area contributed by atoms with Crippen LogP contribution in [-0.4, -0.2) is 23.0 Å². The Morgan fingerprint density at radius 3 is 2.72 bits per heavy atom. The minimum Gasteiger partial charge on any atom is -0.443 e. The van der Waals surface area contributed by atoms with Crippen molar-refractivity contribution in [3.05, 3.63) is 29.8 Å². The second-order valence-electron chi connectivity index (χ2n) is 5.50. The van der Waals surface area contributed by atoms with Gasteiger partial charge in [0.05, 0.1) is 5.69 Å². The molecule has 1 aliphatic heterocycles. The Labute approximate surface area is 107 Å². The maximum atomic E-state index is 12.1. The number of aliphatic hydroxyl groups is 1. The number of hydrogen-bond acceptors (Lipinski definition) is 3. The Hall–Kier alpha value is -1.55. The zero-order valence-electron chi connectivity index (χ0n) is 11.0. The van der Waals surface area contributed by atoms with Gasteiger partial charge in [-0.05, 0) is 45.2 Å². The van der Waals surface area contributed by atoms with E-state index in [4.69, 9.17) is 4.74 Å². The fourth-order valence-corrected chi connectivity index (χ4v) is 2.06. The number of carbonyl (C=O) groups is 1. The summed E-state index contributed by atoms with van der Waals surface area (Å²) in [6.07, 6.45) is 0.00397. The number of aryl methyl sites for hydroxylation is 1. The largest absolute Gasteiger partial charge is 0.443 e. The van der Waals surface area contributed by atoms with Crippen LogP contribution in [0.1, 0.15) is 32.8 Å². The zero-order valence-corrected chi connectivity index (χ0v) is 11.0. The third-order valence-corrected chi connectivity index (χ3v) is 2.81. The topological polar surface area (TPSA) is 49.8 Å². The van der Waals surface area contributed by atoms with Crippen LogP contribution < -0.4 is 4.90 Å². The Morgan fingerprint density at radius 1 is 1.39 bits per heavy atom. The van der Waals surface area contributed by atoms with Crippen molar-refractivity contribution >= 4 is 11.8 Å². The molecule has 98 valence electrons. The van der Waals surface area contributed by atoms with Crippen LogP contribution in [0.5, 0.6) is 0 Å². The van der Waals surface area contributed by atoms with Crippen LogP contribution in [-0.2, 0) is 11.2 Å². The van der Waals surface area contributed by atoms with Gasteiger partial charge >= 0.3 is 6.09 Å². The molecular formula is C14H19NO3. The number of anilines is 1. The number of rotatable bonds is 0. The van der Waals surface area contributed by atoms with Crippen LogP contribution in [0.4, 0.5) is 10.5 Å². The van der Waals surface area contributed by atoms with Crippen molar-refractivity contribution in [1.82, 2.24) is 0 Å². The molecule has 0 spiro atoms. The van der Waals surface area contributed by atoms with Crippen LogP contribution in [0.2, 0.25) is 0 Å². The van der Waals surface area contributed by atoms with E-state index in [9.17, 15) is 9.90 Å². The molecule has 1 heterocycles. The van der Waals surface area contributed by atoms with Crippen molar-refractivity contribution in [2.45, 2.75) is 45.4 Å². The van der Waals surface area contributed by atoms with E-state index < -0.39 is 17.9 Å². The number of fused-ring (bicyclic) bond motifs is 1. The van der Waals surface area contributed by atoms with Crippen LogP contribution >= 0.6 is 0 Å². The normalized spacial score (nSPS) is 19.3. The maximum Gasteiger partial charge on any atom is 0.416 e. The molecule has 4 heteroatoms. The van der Waals surface area contributed by atoms with Gasteiger partial charge in [-0.2, -0.15) is 0 Å². The lowest BCUT2D eigenvalue weighted by molar-refractivity contribution is 0.0455. The number of para-hydroxylation sites is 1. The van der Waals surface area contributed by atoms with Crippen LogP contribution in [0.25, 0.3) is 0 Å². The molecule has 0 fully saturated rings. The lowest BCUT2D eigenvalue weighted by Gasteiger charge is -2.35. The third-order valence-electron chi connectivity index (χ3n) is 2.81. The number of nitrogens with zero attached hydrogens (tertiary/aromatic N) is 1. The van der Waals surface area contributed by atoms with E-state index in [1.807, 2.05) is 45.0 Å². The summed E-state index contributed by atoms with van der Waals surface area (Å²) in [6.45, 7) is 5.44. The van der Waals surface area contributed by atoms with Gasteiger partial charge < -0.3 is 9.84 Å². The first-order valence-corrected chi connectivity index (χ1v) is 6.17. The van der Waals surface area contributed by atoms with Gasteiger partial charge in [0.15, 0.2) is 0 Å². The van der Waals surface area contributed by atoms with Crippen molar-refractivity contribution in [3.8, 4) is 0 Å². The van der Waals surface area contributed by atoms with E-state index in [-0.39, 0.29) is 0 Å². The van der Waals surface area contributed by atoms with Crippen molar-refractivity contribution in [3.63, 3.8) is 0 Å². The van der Waals surface area contributed by atoms with Gasteiger partial charge in [0.25, 0.3) is 0 Å². The van der Waals surface area contributed by atoms with E-state index in [0.29, 0.717) is 6.42 Å². The van der Waals surface area contributed by atoms with Gasteiger partial charge in [0.2, 0.25) is 0 Å². The highest BCUT2D eigenvalue weighted by molar-refractivity contribution is 5.89. The van der Waals surface area contributed by atoms with Crippen molar-refractivity contribution < 1.29 is 14.6 Å². The van der Waals surface area contributed by atoms with Crippen molar-refractivity contribution in [2.75, 3.05) is 4.90 Å². The molecule has 0 saturated carbocycles. The summed E-state index contributed by atoms with van der Waals surface area (Å²) in [5.74, 6) is 0. The molecule has 1 aromatic carbocycles. The van der Waals surface area contributed by atoms with E-state index >= 15 is 0 Å². The van der Waals surface area contributed by atoms with E-state index in [1.165, 1.54) is 4.90 Å². The molecule has 1 aromatic rings. The summed E-state index contributed by atoms with van der Waals surface area (Å²) in [7, 11) is 0. The maximum absolute atomic E-state index is 12.1. The molecule has 18 heavy (non-hydrogen) atoms. The van der Waals surface area contributed by atoms with Gasteiger partial charge in [0, 0.05) is 0 Å². The Morgan fingerprint density at radius 2 is 2.06 bits per heavy atom. The molecule has 0 aliphatic carbocycles. The van der Waals surface area contributed by atoms with Gasteiger partial charge in [-0.15, -0.1) is 0 Å². The summed E-state index contributed by atoms with van der Waals surface area (Å²) in [4.78, 5) is 13.5. The first-order chi connectivity index (χ1) is 8.38. The molecule has 2 rings (SSSR count). The predicted octanol–water partition coefficient (Wildman–Crippen LogP) is 2.69. The number of aliphatic hydroxyl groups excluding tert-OH is 1. The molecule has 1 aliphatic rings. The molecular weight excluding hydrogens is 230 g/mol. The summed E-state index contributed by atoms with van der Waals surface area (Å²) in [5, 5.41) is 10.0. The summed E-state index contributed by atoms with van der Waals surface area (Å²) < 4.78 is 5.33. The summed E-state index contributed by atoms with van der Waals surface area (Å²) >= 11 is 0. The average molecular weight is 249 g/mol. The Bertz CT molecular complexity index is 451. The molecule has 0 radical (unpaired) electrons. The SMILES string of the molecule is CC(C)(C)OC(=O)N1c2ccccc2CCC1O. The monoisotopic (exact) mass is 249 g/mol. The smallest absolute Gasteiger partial charge is 0.416 e. The van der Waals surface area contributed by atoms with Crippen molar-refractivity contribution in [2.24, 2.45) is 0 Å². The highest BCUT2D eigenvalue weighted by Crippen LogP contribution is 2.30. The molecule has 1 unspecified atom stereocenters. The van der Waals surface area contributed by atoms with Gasteiger partial charge in [0.1, 0.15) is 11.8 Å². The first kappa shape index (κ1) is 12.9. The van der Waals surface area contributed by atoms with Crippen LogP contribution in [0.15, 0.2) is 24.3 Å². The fourth-order valence-electron chi connectivity index (χ4n) is 2.06. The number of ether oxygens (including phenoxy) is 1. The summed E-state index contributed by atoms with van der Waals surface area (Å²) in [6, 6.07) is 7.60. The molecule has 0 saturated heterocycles. The highest BCUT2D eigenvalue weighted by atomic mass is 16.6. The van der Waals surface area contributed by atoms with Gasteiger partial charge in [-0.25, -0.2) is 4.79 Å². The van der Waals surface area contributed by atoms with Crippen LogP contribution in [0, 0.1) is 0 Å².